The molecule has 1 aliphatic carbocycles. The molecule has 0 saturated heterocycles. The fraction of sp³-hybridized carbons (Fsp3) is 0.857. The first kappa shape index (κ1) is 14.9. The van der Waals surface area contributed by atoms with Gasteiger partial charge in [0.05, 0.1) is 6.54 Å². The Labute approximate surface area is 120 Å². The van der Waals surface area contributed by atoms with Crippen molar-refractivity contribution >= 4 is 11.8 Å². The number of hydrogen-bond acceptors (Lipinski definition) is 4. The van der Waals surface area contributed by atoms with Gasteiger partial charge in [-0.2, -0.15) is 16.9 Å². The summed E-state index contributed by atoms with van der Waals surface area (Å²) in [4.78, 5) is 4.35. The molecule has 1 aliphatic rings. The minimum Gasteiger partial charge on any atom is -0.308 e. The molecule has 0 radical (unpaired) electrons. The van der Waals surface area contributed by atoms with Gasteiger partial charge in [0.1, 0.15) is 12.2 Å². The molecule has 2 rings (SSSR count). The third-order valence-electron chi connectivity index (χ3n) is 4.06. The fourth-order valence-electron chi connectivity index (χ4n) is 2.87. The zero-order chi connectivity index (χ0) is 13.6. The number of nitrogens with one attached hydrogen (secondary N) is 1. The number of thioether (sulfide) groups is 1. The van der Waals surface area contributed by atoms with E-state index in [1.54, 1.807) is 6.33 Å². The molecule has 0 bridgehead atoms. The molecular formula is C14H26N4S. The van der Waals surface area contributed by atoms with Crippen LogP contribution in [-0.4, -0.2) is 32.3 Å². The molecular weight excluding hydrogens is 256 g/mol. The van der Waals surface area contributed by atoms with E-state index in [1.807, 2.05) is 16.4 Å². The topological polar surface area (TPSA) is 42.7 Å². The van der Waals surface area contributed by atoms with Crippen LogP contribution in [0, 0.1) is 0 Å². The van der Waals surface area contributed by atoms with Gasteiger partial charge in [-0.3, -0.25) is 0 Å². The lowest BCUT2D eigenvalue weighted by molar-refractivity contribution is 0.376. The number of aryl methyl sites for hydroxylation is 1. The lowest BCUT2D eigenvalue weighted by Gasteiger charge is -2.36. The number of nitrogens with zero attached hydrogens (tertiary/aromatic N) is 3. The lowest BCUT2D eigenvalue weighted by Crippen LogP contribution is -2.39. The summed E-state index contributed by atoms with van der Waals surface area (Å²) in [5.41, 5.74) is 0. The van der Waals surface area contributed by atoms with Crippen LogP contribution in [0.5, 0.6) is 0 Å². The second-order valence-corrected chi connectivity index (χ2v) is 6.73. The molecule has 1 fully saturated rings. The summed E-state index contributed by atoms with van der Waals surface area (Å²) < 4.78 is 2.47. The standard InChI is InChI=1S/C14H26N4S/c1-3-9-18-13(16-12-17-18)10-15-11-14(19-2)7-5-4-6-8-14/h12,15H,3-11H2,1-2H3. The molecule has 0 atom stereocenters. The predicted molar refractivity (Wildman–Crippen MR) is 81.4 cm³/mol. The van der Waals surface area contributed by atoms with E-state index in [2.05, 4.69) is 28.6 Å². The highest BCUT2D eigenvalue weighted by atomic mass is 32.2. The van der Waals surface area contributed by atoms with Crippen molar-refractivity contribution in [3.8, 4) is 0 Å². The van der Waals surface area contributed by atoms with E-state index in [1.165, 1.54) is 32.1 Å². The van der Waals surface area contributed by atoms with Crippen LogP contribution in [0.15, 0.2) is 6.33 Å². The zero-order valence-electron chi connectivity index (χ0n) is 12.2. The smallest absolute Gasteiger partial charge is 0.140 e. The Balaban J connectivity index is 1.83. The molecule has 4 nitrogen and oxygen atoms in total. The summed E-state index contributed by atoms with van der Waals surface area (Å²) in [6.07, 6.45) is 11.9. The van der Waals surface area contributed by atoms with E-state index in [0.29, 0.717) is 4.75 Å². The van der Waals surface area contributed by atoms with Crippen molar-refractivity contribution in [1.82, 2.24) is 20.1 Å². The van der Waals surface area contributed by atoms with Crippen LogP contribution in [0.25, 0.3) is 0 Å². The maximum Gasteiger partial charge on any atom is 0.140 e. The monoisotopic (exact) mass is 282 g/mol. The molecule has 1 saturated carbocycles. The Morgan fingerprint density at radius 2 is 2.16 bits per heavy atom. The van der Waals surface area contributed by atoms with Gasteiger partial charge in [0.2, 0.25) is 0 Å². The minimum absolute atomic E-state index is 0.452. The summed E-state index contributed by atoms with van der Waals surface area (Å²) in [6, 6.07) is 0. The largest absolute Gasteiger partial charge is 0.308 e. The Bertz CT molecular complexity index is 371. The average molecular weight is 282 g/mol. The molecule has 0 amide bonds. The highest BCUT2D eigenvalue weighted by Gasteiger charge is 2.30. The van der Waals surface area contributed by atoms with Gasteiger partial charge in [0.25, 0.3) is 0 Å². The Hall–Kier alpha value is -0.550. The highest BCUT2D eigenvalue weighted by Crippen LogP contribution is 2.37. The summed E-state index contributed by atoms with van der Waals surface area (Å²) in [5.74, 6) is 1.06. The molecule has 108 valence electrons. The van der Waals surface area contributed by atoms with Crippen LogP contribution >= 0.6 is 11.8 Å². The zero-order valence-corrected chi connectivity index (χ0v) is 13.0. The third-order valence-corrected chi connectivity index (χ3v) is 5.48. The third kappa shape index (κ3) is 3.96. The first-order valence-electron chi connectivity index (χ1n) is 7.42. The number of rotatable bonds is 7. The van der Waals surface area contributed by atoms with Crippen LogP contribution in [0.1, 0.15) is 51.3 Å². The first-order valence-corrected chi connectivity index (χ1v) is 8.65. The van der Waals surface area contributed by atoms with Gasteiger partial charge >= 0.3 is 0 Å². The van der Waals surface area contributed by atoms with E-state index in [4.69, 9.17) is 0 Å². The maximum atomic E-state index is 4.35. The van der Waals surface area contributed by atoms with Crippen molar-refractivity contribution in [2.24, 2.45) is 0 Å². The van der Waals surface area contributed by atoms with E-state index < -0.39 is 0 Å². The van der Waals surface area contributed by atoms with Crippen LogP contribution in [0.2, 0.25) is 0 Å². The van der Waals surface area contributed by atoms with E-state index in [-0.39, 0.29) is 0 Å². The van der Waals surface area contributed by atoms with Crippen LogP contribution in [-0.2, 0) is 13.1 Å². The maximum absolute atomic E-state index is 4.35. The van der Waals surface area contributed by atoms with E-state index in [0.717, 1.165) is 31.9 Å². The van der Waals surface area contributed by atoms with E-state index in [9.17, 15) is 0 Å². The van der Waals surface area contributed by atoms with Crippen LogP contribution < -0.4 is 5.32 Å². The summed E-state index contributed by atoms with van der Waals surface area (Å²) >= 11 is 2.04. The molecule has 0 unspecified atom stereocenters. The van der Waals surface area contributed by atoms with Crippen molar-refractivity contribution in [1.29, 1.82) is 0 Å². The SMILES string of the molecule is CCCn1ncnc1CNCC1(SC)CCCCC1. The van der Waals surface area contributed by atoms with Crippen molar-refractivity contribution in [2.75, 3.05) is 12.8 Å². The second kappa shape index (κ2) is 7.29. The van der Waals surface area contributed by atoms with Gasteiger partial charge in [0, 0.05) is 17.8 Å². The van der Waals surface area contributed by atoms with Crippen molar-refractivity contribution in [3.05, 3.63) is 12.2 Å². The van der Waals surface area contributed by atoms with E-state index >= 15 is 0 Å². The minimum atomic E-state index is 0.452. The van der Waals surface area contributed by atoms with Crippen molar-refractivity contribution in [3.63, 3.8) is 0 Å². The van der Waals surface area contributed by atoms with Crippen molar-refractivity contribution in [2.45, 2.75) is 63.3 Å². The van der Waals surface area contributed by atoms with Crippen LogP contribution in [0.3, 0.4) is 0 Å². The molecule has 19 heavy (non-hydrogen) atoms. The van der Waals surface area contributed by atoms with Gasteiger partial charge in [-0.1, -0.05) is 26.2 Å². The first-order chi connectivity index (χ1) is 9.29. The molecule has 1 heterocycles. The predicted octanol–water partition coefficient (Wildman–Crippen LogP) is 2.84. The van der Waals surface area contributed by atoms with Crippen LogP contribution in [0.4, 0.5) is 0 Å². The van der Waals surface area contributed by atoms with Gasteiger partial charge in [-0.25, -0.2) is 9.67 Å². The molecule has 5 heteroatoms. The average Bonchev–Trinajstić information content (AvgIpc) is 2.88. The molecule has 0 aliphatic heterocycles. The highest BCUT2D eigenvalue weighted by molar-refractivity contribution is 8.00. The quantitative estimate of drug-likeness (QED) is 0.835. The molecule has 0 aromatic carbocycles. The normalized spacial score (nSPS) is 18.6. The second-order valence-electron chi connectivity index (χ2n) is 5.45. The molecule has 1 aromatic rings. The summed E-state index contributed by atoms with van der Waals surface area (Å²) in [7, 11) is 0. The summed E-state index contributed by atoms with van der Waals surface area (Å²) in [6.45, 7) is 5.06. The molecule has 1 aromatic heterocycles. The molecule has 0 spiro atoms. The fourth-order valence-corrected chi connectivity index (χ4v) is 3.82. The molecule has 1 N–H and O–H groups in total. The summed E-state index contributed by atoms with van der Waals surface area (Å²) in [5, 5.41) is 7.87. The van der Waals surface area contributed by atoms with Gasteiger partial charge in [-0.15, -0.1) is 0 Å². The number of aromatic nitrogens is 3. The lowest BCUT2D eigenvalue weighted by atomic mass is 9.88. The Morgan fingerprint density at radius 3 is 2.84 bits per heavy atom. The number of hydrogen-bond donors (Lipinski definition) is 1. The Kier molecular flexibility index (Phi) is 5.70. The Morgan fingerprint density at radius 1 is 1.37 bits per heavy atom. The van der Waals surface area contributed by atoms with Gasteiger partial charge in [0.15, 0.2) is 0 Å². The van der Waals surface area contributed by atoms with Gasteiger partial charge in [-0.05, 0) is 25.5 Å². The van der Waals surface area contributed by atoms with Gasteiger partial charge < -0.3 is 5.32 Å². The van der Waals surface area contributed by atoms with Crippen molar-refractivity contribution < 1.29 is 0 Å².